The van der Waals surface area contributed by atoms with Gasteiger partial charge in [0.15, 0.2) is 9.84 Å². The molecule has 1 amide bonds. The molecule has 3 aromatic rings. The molecule has 0 fully saturated rings. The first-order valence-corrected chi connectivity index (χ1v) is 11.6. The van der Waals surface area contributed by atoms with Crippen LogP contribution in [0.25, 0.3) is 0 Å². The summed E-state index contributed by atoms with van der Waals surface area (Å²) in [4.78, 5) is 13.3. The lowest BCUT2D eigenvalue weighted by Gasteiger charge is -2.18. The molecule has 0 bridgehead atoms. The van der Waals surface area contributed by atoms with Gasteiger partial charge in [0, 0.05) is 21.5 Å². The van der Waals surface area contributed by atoms with Gasteiger partial charge in [0.25, 0.3) is 5.91 Å². The van der Waals surface area contributed by atoms with Crippen LogP contribution in [0.5, 0.6) is 5.75 Å². The monoisotopic (exact) mass is 479 g/mol. The van der Waals surface area contributed by atoms with Crippen LogP contribution in [0.3, 0.4) is 0 Å². The molecule has 146 valence electrons. The number of carbonyl (C=O) groups is 1. The predicted molar refractivity (Wildman–Crippen MR) is 114 cm³/mol. The van der Waals surface area contributed by atoms with Gasteiger partial charge in [-0.05, 0) is 53.9 Å². The lowest BCUT2D eigenvalue weighted by Crippen LogP contribution is -2.31. The first-order chi connectivity index (χ1) is 13.4. The number of ether oxygens (including phenoxy) is 1. The summed E-state index contributed by atoms with van der Waals surface area (Å²) in [7, 11) is -2.18. The minimum absolute atomic E-state index is 0.0276. The van der Waals surface area contributed by atoms with E-state index >= 15 is 0 Å². The normalized spacial score (nSPS) is 12.4. The molecule has 8 heteroatoms. The van der Waals surface area contributed by atoms with Crippen LogP contribution in [-0.4, -0.2) is 28.0 Å². The lowest BCUT2D eigenvalue weighted by atomic mass is 10.2. The fraction of sp³-hybridized carbons (Fsp3) is 0.150. The van der Waals surface area contributed by atoms with E-state index in [0.29, 0.717) is 16.2 Å². The Kier molecular flexibility index (Phi) is 6.53. The van der Waals surface area contributed by atoms with Crippen LogP contribution in [-0.2, 0) is 9.84 Å². The van der Waals surface area contributed by atoms with E-state index in [1.165, 1.54) is 30.6 Å². The third-order valence-electron chi connectivity index (χ3n) is 4.16. The number of amides is 1. The summed E-state index contributed by atoms with van der Waals surface area (Å²) < 4.78 is 32.4. The number of halogens is 1. The average molecular weight is 480 g/mol. The standard InChI is InChI=1S/C20H18BrNO4S2/c1-26-16-7-9-17(10-8-16)28(24,25)19(18-6-3-11-27-18)13-22-20(23)14-4-2-5-15(21)12-14/h2-12,19H,13H2,1H3,(H,22,23)/t19-/m0/s1. The first-order valence-electron chi connectivity index (χ1n) is 8.37. The highest BCUT2D eigenvalue weighted by molar-refractivity contribution is 9.10. The van der Waals surface area contributed by atoms with Crippen LogP contribution < -0.4 is 10.1 Å². The number of thiophene rings is 1. The number of benzene rings is 2. The molecular formula is C20H18BrNO4S2. The van der Waals surface area contributed by atoms with Crippen molar-refractivity contribution in [3.8, 4) is 5.75 Å². The maximum Gasteiger partial charge on any atom is 0.251 e. The zero-order chi connectivity index (χ0) is 20.1. The predicted octanol–water partition coefficient (Wildman–Crippen LogP) is 4.46. The highest BCUT2D eigenvalue weighted by atomic mass is 79.9. The van der Waals surface area contributed by atoms with E-state index in [4.69, 9.17) is 4.74 Å². The highest BCUT2D eigenvalue weighted by Gasteiger charge is 2.30. The molecule has 2 aromatic carbocycles. The van der Waals surface area contributed by atoms with E-state index in [-0.39, 0.29) is 17.3 Å². The summed E-state index contributed by atoms with van der Waals surface area (Å²) in [5.74, 6) is 0.252. The fourth-order valence-electron chi connectivity index (χ4n) is 2.68. The highest BCUT2D eigenvalue weighted by Crippen LogP contribution is 2.32. The molecule has 3 rings (SSSR count). The summed E-state index contributed by atoms with van der Waals surface area (Å²) in [6, 6.07) is 16.8. The van der Waals surface area contributed by atoms with Crippen LogP contribution in [0.1, 0.15) is 20.5 Å². The van der Waals surface area contributed by atoms with Crippen molar-refractivity contribution >= 4 is 43.0 Å². The molecule has 0 aliphatic heterocycles. The van der Waals surface area contributed by atoms with E-state index in [9.17, 15) is 13.2 Å². The van der Waals surface area contributed by atoms with Crippen LogP contribution >= 0.6 is 27.3 Å². The lowest BCUT2D eigenvalue weighted by molar-refractivity contribution is 0.0953. The Morgan fingerprint density at radius 3 is 2.50 bits per heavy atom. The molecule has 0 spiro atoms. The number of hydrogen-bond donors (Lipinski definition) is 1. The largest absolute Gasteiger partial charge is 0.497 e. The van der Waals surface area contributed by atoms with Gasteiger partial charge in [-0.1, -0.05) is 28.1 Å². The molecular weight excluding hydrogens is 462 g/mol. The van der Waals surface area contributed by atoms with Crippen LogP contribution in [0.4, 0.5) is 0 Å². The molecule has 0 radical (unpaired) electrons. The molecule has 0 aliphatic carbocycles. The summed E-state index contributed by atoms with van der Waals surface area (Å²) in [6.45, 7) is -0.0276. The Balaban J connectivity index is 1.86. The zero-order valence-electron chi connectivity index (χ0n) is 15.0. The number of carbonyl (C=O) groups excluding carboxylic acids is 1. The molecule has 0 saturated heterocycles. The smallest absolute Gasteiger partial charge is 0.251 e. The second-order valence-electron chi connectivity index (χ2n) is 5.94. The van der Waals surface area contributed by atoms with Crippen molar-refractivity contribution in [3.05, 3.63) is 81.0 Å². The molecule has 1 heterocycles. The fourth-order valence-corrected chi connectivity index (χ4v) is 5.87. The maximum absolute atomic E-state index is 13.2. The van der Waals surface area contributed by atoms with Crippen molar-refractivity contribution in [2.24, 2.45) is 0 Å². The van der Waals surface area contributed by atoms with Gasteiger partial charge in [0.2, 0.25) is 0 Å². The van der Waals surface area contributed by atoms with Crippen LogP contribution in [0.2, 0.25) is 0 Å². The molecule has 0 aliphatic rings. The zero-order valence-corrected chi connectivity index (χ0v) is 18.2. The van der Waals surface area contributed by atoms with Gasteiger partial charge in [-0.2, -0.15) is 0 Å². The summed E-state index contributed by atoms with van der Waals surface area (Å²) in [5, 5.41) is 3.70. The van der Waals surface area contributed by atoms with Crippen LogP contribution in [0.15, 0.2) is 75.4 Å². The summed E-state index contributed by atoms with van der Waals surface area (Å²) in [6.07, 6.45) is 0. The van der Waals surface area contributed by atoms with Crippen molar-refractivity contribution in [1.29, 1.82) is 0 Å². The third kappa shape index (κ3) is 4.63. The molecule has 5 nitrogen and oxygen atoms in total. The van der Waals surface area contributed by atoms with Gasteiger partial charge in [-0.25, -0.2) is 8.42 Å². The minimum atomic E-state index is -3.70. The van der Waals surface area contributed by atoms with Crippen molar-refractivity contribution in [2.45, 2.75) is 10.1 Å². The second-order valence-corrected chi connectivity index (χ2v) is 9.97. The Morgan fingerprint density at radius 1 is 1.14 bits per heavy atom. The number of sulfone groups is 1. The Labute approximate surface area is 176 Å². The van der Waals surface area contributed by atoms with Crippen molar-refractivity contribution in [3.63, 3.8) is 0 Å². The van der Waals surface area contributed by atoms with Gasteiger partial charge in [-0.3, -0.25) is 4.79 Å². The van der Waals surface area contributed by atoms with E-state index in [1.54, 1.807) is 42.5 Å². The van der Waals surface area contributed by atoms with Gasteiger partial charge in [-0.15, -0.1) is 11.3 Å². The van der Waals surface area contributed by atoms with E-state index in [0.717, 1.165) is 4.47 Å². The SMILES string of the molecule is COc1ccc(S(=O)(=O)[C@@H](CNC(=O)c2cccc(Br)c2)c2cccs2)cc1. The molecule has 0 saturated carbocycles. The number of nitrogens with one attached hydrogen (secondary N) is 1. The molecule has 28 heavy (non-hydrogen) atoms. The van der Waals surface area contributed by atoms with Gasteiger partial charge in [0.05, 0.1) is 12.0 Å². The summed E-state index contributed by atoms with van der Waals surface area (Å²) >= 11 is 4.68. The Bertz CT molecular complexity index is 1050. The molecule has 0 unspecified atom stereocenters. The van der Waals surface area contributed by atoms with E-state index < -0.39 is 15.1 Å². The summed E-state index contributed by atoms with van der Waals surface area (Å²) in [5.41, 5.74) is 0.459. The second kappa shape index (κ2) is 8.89. The minimum Gasteiger partial charge on any atom is -0.497 e. The van der Waals surface area contributed by atoms with Crippen molar-refractivity contribution in [1.82, 2.24) is 5.32 Å². The van der Waals surface area contributed by atoms with Crippen molar-refractivity contribution in [2.75, 3.05) is 13.7 Å². The Morgan fingerprint density at radius 2 is 1.89 bits per heavy atom. The van der Waals surface area contributed by atoms with Gasteiger partial charge < -0.3 is 10.1 Å². The topological polar surface area (TPSA) is 72.5 Å². The van der Waals surface area contributed by atoms with Crippen LogP contribution in [0, 0.1) is 0 Å². The third-order valence-corrected chi connectivity index (χ3v) is 7.89. The average Bonchev–Trinajstić information content (AvgIpc) is 3.22. The van der Waals surface area contributed by atoms with Crippen molar-refractivity contribution < 1.29 is 17.9 Å². The number of methoxy groups -OCH3 is 1. The van der Waals surface area contributed by atoms with Gasteiger partial charge >= 0.3 is 0 Å². The van der Waals surface area contributed by atoms with Gasteiger partial charge in [0.1, 0.15) is 11.0 Å². The molecule has 1 atom stereocenters. The first kappa shape index (κ1) is 20.6. The molecule has 1 aromatic heterocycles. The van der Waals surface area contributed by atoms with E-state index in [2.05, 4.69) is 21.2 Å². The molecule has 1 N–H and O–H groups in total. The Hall–Kier alpha value is -2.16. The number of hydrogen-bond acceptors (Lipinski definition) is 5. The maximum atomic E-state index is 13.2. The number of rotatable bonds is 7. The quantitative estimate of drug-likeness (QED) is 0.542. The van der Waals surface area contributed by atoms with E-state index in [1.807, 2.05) is 11.4 Å².